The summed E-state index contributed by atoms with van der Waals surface area (Å²) in [7, 11) is 0. The fourth-order valence-corrected chi connectivity index (χ4v) is 0. The van der Waals surface area contributed by atoms with Crippen molar-refractivity contribution in [2.24, 2.45) is 0 Å². The van der Waals surface area contributed by atoms with E-state index in [2.05, 4.69) is 0 Å². The van der Waals surface area contributed by atoms with Crippen molar-refractivity contribution in [1.29, 1.82) is 0 Å². The number of hydrogen-bond acceptors (Lipinski definition) is 0. The molecule has 0 aromatic heterocycles. The molecule has 5 heavy (non-hydrogen) atoms. The summed E-state index contributed by atoms with van der Waals surface area (Å²) in [6.45, 7) is 0. The van der Waals surface area contributed by atoms with Gasteiger partial charge in [0.25, 0.3) is 0 Å². The molecule has 0 spiro atoms. The van der Waals surface area contributed by atoms with E-state index in [-0.39, 0.29) is 111 Å². The summed E-state index contributed by atoms with van der Waals surface area (Å²) >= 11 is 0. The van der Waals surface area contributed by atoms with Gasteiger partial charge in [-0.05, 0) is 0 Å². The molecule has 0 aliphatic heterocycles. The molecule has 0 saturated heterocycles. The first-order chi connectivity index (χ1) is 0. The molecule has 0 aliphatic rings. The predicted octanol–water partition coefficient (Wildman–Crippen LogP) is -1.84. The summed E-state index contributed by atoms with van der Waals surface area (Å²) in [6, 6.07) is 0. The molecule has 0 heterocycles. The van der Waals surface area contributed by atoms with Crippen molar-refractivity contribution in [3.05, 3.63) is 0 Å². The maximum absolute atomic E-state index is 0. The third-order valence-corrected chi connectivity index (χ3v) is 0. The van der Waals surface area contributed by atoms with Crippen LogP contribution in [-0.4, -0.2) is 47.8 Å². The second-order valence-electron chi connectivity index (χ2n) is 0. The average Bonchev–Trinajstić information content (AvgIpc) is 0. The van der Waals surface area contributed by atoms with Gasteiger partial charge in [0, 0.05) is 63.2 Å². The average molecular weight is 827 g/mol. The van der Waals surface area contributed by atoms with Crippen molar-refractivity contribution >= 4 is 47.8 Å². The topological polar surface area (TPSA) is 0 Å². The summed E-state index contributed by atoms with van der Waals surface area (Å²) in [4.78, 5) is 0. The molecule has 0 unspecified atom stereocenters. The standard InChI is InChI=1S/3Pt.2Sn.4H. The van der Waals surface area contributed by atoms with Crippen LogP contribution in [0.4, 0.5) is 0 Å². The zero-order valence-electron chi connectivity index (χ0n) is 2.36. The molecule has 0 aliphatic carbocycles. The van der Waals surface area contributed by atoms with Crippen LogP contribution < -0.4 is 0 Å². The van der Waals surface area contributed by atoms with Gasteiger partial charge < -0.3 is 0 Å². The van der Waals surface area contributed by atoms with Gasteiger partial charge in [-0.2, -0.15) is 0 Å². The van der Waals surface area contributed by atoms with Crippen molar-refractivity contribution in [2.45, 2.75) is 0 Å². The molecule has 0 rings (SSSR count). The van der Waals surface area contributed by atoms with Crippen LogP contribution in [0, 0.1) is 0 Å². The molecule has 0 fully saturated rings. The van der Waals surface area contributed by atoms with Crippen LogP contribution in [-0.2, 0) is 63.2 Å². The second kappa shape index (κ2) is 25.4. The zero-order chi connectivity index (χ0) is 0. The van der Waals surface area contributed by atoms with Crippen molar-refractivity contribution < 1.29 is 63.2 Å². The van der Waals surface area contributed by atoms with Gasteiger partial charge >= 0.3 is 47.8 Å². The van der Waals surface area contributed by atoms with Gasteiger partial charge in [0.2, 0.25) is 0 Å². The Bertz CT molecular complexity index is 4.85. The zero-order valence-corrected chi connectivity index (χ0v) is 17.3. The van der Waals surface area contributed by atoms with E-state index in [0.29, 0.717) is 0 Å². The van der Waals surface area contributed by atoms with Gasteiger partial charge in [-0.15, -0.1) is 0 Å². The molecule has 0 aromatic carbocycles. The summed E-state index contributed by atoms with van der Waals surface area (Å²) in [5.41, 5.74) is 0. The van der Waals surface area contributed by atoms with E-state index in [1.807, 2.05) is 0 Å². The van der Waals surface area contributed by atoms with E-state index in [0.717, 1.165) is 0 Å². The molecule has 0 N–H and O–H groups in total. The minimum absolute atomic E-state index is 0. The van der Waals surface area contributed by atoms with Crippen molar-refractivity contribution in [3.63, 3.8) is 0 Å². The van der Waals surface area contributed by atoms with Crippen LogP contribution in [0.2, 0.25) is 0 Å². The van der Waals surface area contributed by atoms with E-state index in [4.69, 9.17) is 0 Å². The van der Waals surface area contributed by atoms with Crippen molar-refractivity contribution in [1.82, 2.24) is 0 Å². The maximum atomic E-state index is 0. The van der Waals surface area contributed by atoms with Gasteiger partial charge in [0.15, 0.2) is 0 Å². The normalized spacial score (nSPS) is 0. The summed E-state index contributed by atoms with van der Waals surface area (Å²) < 4.78 is 0. The van der Waals surface area contributed by atoms with Crippen LogP contribution >= 0.6 is 0 Å². The van der Waals surface area contributed by atoms with E-state index < -0.39 is 0 Å². The fourth-order valence-electron chi connectivity index (χ4n) is 0. The Morgan fingerprint density at radius 1 is 0.400 bits per heavy atom. The predicted molar refractivity (Wildman–Crippen MR) is 17.1 cm³/mol. The first-order valence-corrected chi connectivity index (χ1v) is 0. The third-order valence-electron chi connectivity index (χ3n) is 0. The Kier molecular flexibility index (Phi) is 192. The summed E-state index contributed by atoms with van der Waals surface area (Å²) in [5.74, 6) is 0. The molecule has 0 atom stereocenters. The van der Waals surface area contributed by atoms with Crippen LogP contribution in [0.25, 0.3) is 0 Å². The number of hydrogen-bond donors (Lipinski definition) is 0. The van der Waals surface area contributed by atoms with Crippen LogP contribution in [0.15, 0.2) is 0 Å². The Hall–Kier alpha value is 3.66. The first-order valence-electron chi connectivity index (χ1n) is 0. The second-order valence-corrected chi connectivity index (χ2v) is 0. The summed E-state index contributed by atoms with van der Waals surface area (Å²) in [5, 5.41) is 0. The van der Waals surface area contributed by atoms with E-state index >= 15 is 0 Å². The SMILES string of the molecule is [Pt].[Pt].[Pt].[SnH2].[SnH2]. The number of rotatable bonds is 0. The monoisotopic (exact) mass is 829 g/mol. The van der Waals surface area contributed by atoms with Gasteiger partial charge in [-0.3, -0.25) is 0 Å². The summed E-state index contributed by atoms with van der Waals surface area (Å²) in [6.07, 6.45) is 0. The van der Waals surface area contributed by atoms with Crippen molar-refractivity contribution in [3.8, 4) is 0 Å². The molecular formula is H4Pt3Sn2. The van der Waals surface area contributed by atoms with Gasteiger partial charge in [-0.1, -0.05) is 0 Å². The minimum atomic E-state index is 0. The molecule has 0 aromatic rings. The molecule has 0 bridgehead atoms. The Balaban J connectivity index is 0. The van der Waals surface area contributed by atoms with Gasteiger partial charge in [0.1, 0.15) is 0 Å². The Labute approximate surface area is 109 Å². The van der Waals surface area contributed by atoms with Crippen molar-refractivity contribution in [2.75, 3.05) is 0 Å². The van der Waals surface area contributed by atoms with E-state index in [9.17, 15) is 0 Å². The first kappa shape index (κ1) is 37.9. The molecule has 5 heteroatoms. The molecular weight excluding hydrogens is 823 g/mol. The van der Waals surface area contributed by atoms with E-state index in [1.165, 1.54) is 0 Å². The Morgan fingerprint density at radius 3 is 0.400 bits per heavy atom. The molecule has 4 radical (unpaired) electrons. The molecule has 42 valence electrons. The van der Waals surface area contributed by atoms with Crippen LogP contribution in [0.3, 0.4) is 0 Å². The molecule has 0 amide bonds. The van der Waals surface area contributed by atoms with Gasteiger partial charge in [-0.25, -0.2) is 0 Å². The molecule has 0 nitrogen and oxygen atoms in total. The Morgan fingerprint density at radius 2 is 0.400 bits per heavy atom. The van der Waals surface area contributed by atoms with E-state index in [1.54, 1.807) is 0 Å². The van der Waals surface area contributed by atoms with Crippen LogP contribution in [0.5, 0.6) is 0 Å². The molecule has 0 saturated carbocycles. The fraction of sp³-hybridized carbons (Fsp3) is 0. The quantitative estimate of drug-likeness (QED) is 0.253. The third kappa shape index (κ3) is 18.3. The van der Waals surface area contributed by atoms with Gasteiger partial charge in [0.05, 0.1) is 0 Å². The van der Waals surface area contributed by atoms with Crippen LogP contribution in [0.1, 0.15) is 0 Å².